The number of nitrogens with zero attached hydrogens (tertiary/aromatic N) is 1. The van der Waals surface area contributed by atoms with Gasteiger partial charge in [-0.05, 0) is 36.8 Å². The van der Waals surface area contributed by atoms with Gasteiger partial charge in [0, 0.05) is 36.6 Å². The quantitative estimate of drug-likeness (QED) is 0.694. The number of benzene rings is 2. The van der Waals surface area contributed by atoms with E-state index < -0.39 is 6.10 Å². The fraction of sp³-hybridized carbons (Fsp3) is 0.364. The average molecular weight is 415 g/mol. The predicted molar refractivity (Wildman–Crippen MR) is 114 cm³/mol. The third kappa shape index (κ3) is 6.24. The molecule has 0 radical (unpaired) electrons. The molecule has 1 heterocycles. The molecule has 0 bridgehead atoms. The van der Waals surface area contributed by atoms with E-state index in [2.05, 4.69) is 5.32 Å². The zero-order valence-corrected chi connectivity index (χ0v) is 17.3. The smallest absolute Gasteiger partial charge is 0.227 e. The molecule has 3 rings (SSSR count). The van der Waals surface area contributed by atoms with Crippen LogP contribution in [0, 0.1) is 6.92 Å². The molecule has 2 amide bonds. The van der Waals surface area contributed by atoms with Gasteiger partial charge in [-0.15, -0.1) is 11.8 Å². The minimum Gasteiger partial charge on any atom is -0.491 e. The Morgan fingerprint density at radius 2 is 2.03 bits per heavy atom. The molecule has 1 unspecified atom stereocenters. The molecule has 0 aliphatic carbocycles. The van der Waals surface area contributed by atoms with Crippen LogP contribution in [0.5, 0.6) is 5.75 Å². The number of anilines is 1. The first kappa shape index (κ1) is 21.2. The summed E-state index contributed by atoms with van der Waals surface area (Å²) < 4.78 is 5.53. The molecule has 0 fully saturated rings. The second kappa shape index (κ2) is 10.3. The number of carbonyl (C=O) groups excluding carboxylic acids is 2. The second-order valence-electron chi connectivity index (χ2n) is 6.95. The molecule has 29 heavy (non-hydrogen) atoms. The van der Waals surface area contributed by atoms with E-state index in [0.717, 1.165) is 21.9 Å². The van der Waals surface area contributed by atoms with E-state index in [-0.39, 0.29) is 37.8 Å². The Bertz CT molecular complexity index is 858. The Hall–Kier alpha value is -2.51. The maximum absolute atomic E-state index is 12.6. The van der Waals surface area contributed by atoms with E-state index in [9.17, 15) is 14.7 Å². The van der Waals surface area contributed by atoms with Crippen molar-refractivity contribution in [2.75, 3.05) is 30.3 Å². The number of aliphatic hydroxyl groups is 1. The summed E-state index contributed by atoms with van der Waals surface area (Å²) in [5.74, 6) is 1.21. The van der Waals surface area contributed by atoms with Gasteiger partial charge < -0.3 is 20.1 Å². The van der Waals surface area contributed by atoms with Crippen LogP contribution >= 0.6 is 11.8 Å². The van der Waals surface area contributed by atoms with Gasteiger partial charge in [0.05, 0.1) is 5.69 Å². The summed E-state index contributed by atoms with van der Waals surface area (Å²) in [5, 5.41) is 12.7. The molecule has 0 aromatic heterocycles. The van der Waals surface area contributed by atoms with Gasteiger partial charge in [0.25, 0.3) is 0 Å². The van der Waals surface area contributed by atoms with Crippen molar-refractivity contribution < 1.29 is 19.4 Å². The molecule has 0 saturated heterocycles. The van der Waals surface area contributed by atoms with Gasteiger partial charge in [-0.3, -0.25) is 9.59 Å². The number of ether oxygens (including phenoxy) is 1. The number of hydrogen-bond acceptors (Lipinski definition) is 5. The van der Waals surface area contributed by atoms with Crippen LogP contribution in [-0.2, 0) is 9.59 Å². The Morgan fingerprint density at radius 1 is 1.21 bits per heavy atom. The summed E-state index contributed by atoms with van der Waals surface area (Å²) in [4.78, 5) is 27.5. The number of rotatable bonds is 8. The van der Waals surface area contributed by atoms with Crippen molar-refractivity contribution in [1.29, 1.82) is 0 Å². The van der Waals surface area contributed by atoms with Gasteiger partial charge in [-0.25, -0.2) is 0 Å². The van der Waals surface area contributed by atoms with Gasteiger partial charge in [0.1, 0.15) is 18.5 Å². The molecule has 1 aliphatic heterocycles. The first-order chi connectivity index (χ1) is 14.0. The van der Waals surface area contributed by atoms with Crippen LogP contribution in [0.2, 0.25) is 0 Å². The van der Waals surface area contributed by atoms with E-state index in [1.807, 2.05) is 55.5 Å². The average Bonchev–Trinajstić information content (AvgIpc) is 2.74. The molecule has 154 valence electrons. The zero-order chi connectivity index (χ0) is 20.6. The third-order valence-corrected chi connectivity index (χ3v) is 5.61. The minimum absolute atomic E-state index is 0.0590. The minimum atomic E-state index is -0.818. The lowest BCUT2D eigenvalue weighted by Gasteiger charge is -2.29. The maximum atomic E-state index is 12.6. The Kier molecular flexibility index (Phi) is 7.55. The predicted octanol–water partition coefficient (Wildman–Crippen LogP) is 2.77. The number of para-hydroxylation sites is 1. The molecule has 1 atom stereocenters. The molecule has 1 aliphatic rings. The van der Waals surface area contributed by atoms with Gasteiger partial charge >= 0.3 is 0 Å². The first-order valence-electron chi connectivity index (χ1n) is 9.69. The van der Waals surface area contributed by atoms with Crippen LogP contribution in [-0.4, -0.2) is 48.5 Å². The van der Waals surface area contributed by atoms with Crippen molar-refractivity contribution >= 4 is 29.3 Å². The summed E-state index contributed by atoms with van der Waals surface area (Å²) in [6, 6.07) is 15.4. The van der Waals surface area contributed by atoms with Crippen molar-refractivity contribution in [3.05, 3.63) is 54.1 Å². The largest absolute Gasteiger partial charge is 0.491 e. The highest BCUT2D eigenvalue weighted by molar-refractivity contribution is 7.99. The van der Waals surface area contributed by atoms with Crippen LogP contribution in [0.4, 0.5) is 5.69 Å². The molecule has 2 N–H and O–H groups in total. The first-order valence-corrected chi connectivity index (χ1v) is 10.7. The summed E-state index contributed by atoms with van der Waals surface area (Å²) in [5.41, 5.74) is 1.99. The number of thioether (sulfide) groups is 1. The number of aliphatic hydroxyl groups excluding tert-OH is 1. The fourth-order valence-corrected chi connectivity index (χ4v) is 4.06. The van der Waals surface area contributed by atoms with E-state index in [0.29, 0.717) is 12.3 Å². The fourth-order valence-electron chi connectivity index (χ4n) is 3.06. The Labute approximate surface area is 175 Å². The molecular weight excluding hydrogens is 388 g/mol. The van der Waals surface area contributed by atoms with Crippen molar-refractivity contribution in [3.8, 4) is 5.75 Å². The molecular formula is C22H26N2O4S. The number of fused-ring (bicyclic) bond motifs is 1. The van der Waals surface area contributed by atoms with E-state index in [1.54, 1.807) is 16.7 Å². The number of carbonyl (C=O) groups is 2. The molecule has 0 spiro atoms. The molecule has 2 aromatic rings. The van der Waals surface area contributed by atoms with Gasteiger partial charge in [-0.2, -0.15) is 0 Å². The van der Waals surface area contributed by atoms with Crippen molar-refractivity contribution in [2.45, 2.75) is 30.8 Å². The van der Waals surface area contributed by atoms with E-state index in [4.69, 9.17) is 4.74 Å². The number of amides is 2. The summed E-state index contributed by atoms with van der Waals surface area (Å²) in [7, 11) is 0. The highest BCUT2D eigenvalue weighted by Gasteiger charge is 2.23. The van der Waals surface area contributed by atoms with Crippen LogP contribution in [0.25, 0.3) is 0 Å². The topological polar surface area (TPSA) is 78.9 Å². The lowest BCUT2D eigenvalue weighted by atomic mass is 10.2. The normalized spacial score (nSPS) is 14.1. The standard InChI is InChI=1S/C22H26N2O4S/c1-16-5-4-6-18(13-16)28-15-17(25)14-23-21(26)9-10-22(27)24-11-12-29-20-8-3-2-7-19(20)24/h2-8,13,17,25H,9-12,14-15H2,1H3,(H,23,26). The number of nitrogens with one attached hydrogen (secondary N) is 1. The highest BCUT2D eigenvalue weighted by atomic mass is 32.2. The van der Waals surface area contributed by atoms with Crippen molar-refractivity contribution in [2.24, 2.45) is 0 Å². The van der Waals surface area contributed by atoms with Crippen LogP contribution < -0.4 is 15.0 Å². The number of aryl methyl sites for hydroxylation is 1. The van der Waals surface area contributed by atoms with Crippen LogP contribution in [0.3, 0.4) is 0 Å². The summed E-state index contributed by atoms with van der Waals surface area (Å²) in [6.45, 7) is 2.79. The lowest BCUT2D eigenvalue weighted by molar-refractivity contribution is -0.125. The lowest BCUT2D eigenvalue weighted by Crippen LogP contribution is -2.38. The second-order valence-corrected chi connectivity index (χ2v) is 8.08. The maximum Gasteiger partial charge on any atom is 0.227 e. The molecule has 2 aromatic carbocycles. The highest BCUT2D eigenvalue weighted by Crippen LogP contribution is 2.34. The van der Waals surface area contributed by atoms with Crippen molar-refractivity contribution in [3.63, 3.8) is 0 Å². The molecule has 6 nitrogen and oxygen atoms in total. The molecule has 0 saturated carbocycles. The van der Waals surface area contributed by atoms with Crippen LogP contribution in [0.1, 0.15) is 18.4 Å². The SMILES string of the molecule is Cc1cccc(OCC(O)CNC(=O)CCC(=O)N2CCSc3ccccc32)c1. The van der Waals surface area contributed by atoms with Crippen molar-refractivity contribution in [1.82, 2.24) is 5.32 Å². The monoisotopic (exact) mass is 414 g/mol. The Balaban J connectivity index is 1.38. The number of hydrogen-bond donors (Lipinski definition) is 2. The van der Waals surface area contributed by atoms with Gasteiger partial charge in [-0.1, -0.05) is 24.3 Å². The van der Waals surface area contributed by atoms with E-state index >= 15 is 0 Å². The zero-order valence-electron chi connectivity index (χ0n) is 16.5. The Morgan fingerprint density at radius 3 is 2.86 bits per heavy atom. The summed E-state index contributed by atoms with van der Waals surface area (Å²) in [6.07, 6.45) is -0.585. The van der Waals surface area contributed by atoms with Gasteiger partial charge in [0.2, 0.25) is 11.8 Å². The third-order valence-electron chi connectivity index (χ3n) is 4.56. The van der Waals surface area contributed by atoms with Crippen LogP contribution in [0.15, 0.2) is 53.4 Å². The molecule has 7 heteroatoms. The van der Waals surface area contributed by atoms with E-state index in [1.165, 1.54) is 0 Å². The summed E-state index contributed by atoms with van der Waals surface area (Å²) >= 11 is 1.74. The van der Waals surface area contributed by atoms with Gasteiger partial charge in [0.15, 0.2) is 0 Å².